The molecule has 2 aromatic rings. The first-order valence-corrected chi connectivity index (χ1v) is 9.25. The van der Waals surface area contributed by atoms with Gasteiger partial charge < -0.3 is 0 Å². The molecule has 0 heteroatoms. The highest BCUT2D eigenvalue weighted by atomic mass is 15.0. The van der Waals surface area contributed by atoms with E-state index in [9.17, 15) is 0 Å². The Morgan fingerprint density at radius 1 is 0.958 bits per heavy atom. The highest BCUT2D eigenvalue weighted by Gasteiger charge is 2.96. The van der Waals surface area contributed by atoms with Crippen molar-refractivity contribution in [3.05, 3.63) is 71.8 Å². The Labute approximate surface area is 145 Å². The van der Waals surface area contributed by atoms with Crippen LogP contribution < -0.4 is 0 Å². The molecule has 0 aromatic heterocycles. The second kappa shape index (κ2) is 4.54. The molecule has 0 radical (unpaired) electrons. The highest BCUT2D eigenvalue weighted by molar-refractivity contribution is 5.57. The summed E-state index contributed by atoms with van der Waals surface area (Å²) >= 11 is 0. The second-order valence-electron chi connectivity index (χ2n) is 8.29. The van der Waals surface area contributed by atoms with Gasteiger partial charge in [-0.2, -0.15) is 0 Å². The maximum absolute atomic E-state index is 5.92. The van der Waals surface area contributed by atoms with Crippen LogP contribution in [-0.4, -0.2) is 0 Å². The van der Waals surface area contributed by atoms with Crippen LogP contribution in [0, 0.1) is 35.0 Å². The second-order valence-corrected chi connectivity index (χ2v) is 8.29. The highest BCUT2D eigenvalue weighted by Crippen LogP contribution is 2.98. The van der Waals surface area contributed by atoms with Crippen molar-refractivity contribution in [1.29, 1.82) is 0 Å². The fourth-order valence-corrected chi connectivity index (χ4v) is 7.25. The van der Waals surface area contributed by atoms with Crippen molar-refractivity contribution >= 4 is 0 Å². The maximum atomic E-state index is 5.92. The van der Waals surface area contributed by atoms with E-state index >= 15 is 0 Å². The van der Waals surface area contributed by atoms with Gasteiger partial charge in [0.25, 0.3) is 0 Å². The lowest BCUT2D eigenvalue weighted by Crippen LogP contribution is -2.54. The number of benzene rings is 2. The first-order valence-electron chi connectivity index (χ1n) is 9.25. The SMILES string of the molecule is C#CC[C@]1(Cc2ccccc2)[C@]2(C)[C@@H]3CC[C@@H]3[C@@]12c1ccccc1. The van der Waals surface area contributed by atoms with Gasteiger partial charge in [-0.15, -0.1) is 12.3 Å². The van der Waals surface area contributed by atoms with Crippen LogP contribution in [-0.2, 0) is 11.8 Å². The van der Waals surface area contributed by atoms with Gasteiger partial charge in [-0.05, 0) is 47.6 Å². The van der Waals surface area contributed by atoms with Crippen LogP contribution in [0.1, 0.15) is 37.3 Å². The first-order chi connectivity index (χ1) is 11.7. The van der Waals surface area contributed by atoms with Crippen molar-refractivity contribution in [1.82, 2.24) is 0 Å². The number of rotatable bonds is 4. The summed E-state index contributed by atoms with van der Waals surface area (Å²) in [5.41, 5.74) is 3.92. The molecule has 3 aliphatic rings. The third kappa shape index (κ3) is 1.28. The Morgan fingerprint density at radius 3 is 2.17 bits per heavy atom. The van der Waals surface area contributed by atoms with Crippen LogP contribution in [0.5, 0.6) is 0 Å². The molecule has 0 amide bonds. The maximum Gasteiger partial charge on any atom is 0.0160 e. The predicted molar refractivity (Wildman–Crippen MR) is 98.5 cm³/mol. The summed E-state index contributed by atoms with van der Waals surface area (Å²) < 4.78 is 0. The molecule has 0 bridgehead atoms. The molecule has 3 saturated carbocycles. The van der Waals surface area contributed by atoms with Gasteiger partial charge in [-0.1, -0.05) is 67.6 Å². The molecule has 5 atom stereocenters. The van der Waals surface area contributed by atoms with Crippen LogP contribution in [0.4, 0.5) is 0 Å². The molecule has 3 aliphatic carbocycles. The Bertz CT molecular complexity index is 814. The van der Waals surface area contributed by atoms with Gasteiger partial charge in [0.2, 0.25) is 0 Å². The standard InChI is InChI=1S/C24H24/c1-3-16-23(17-18-10-6-4-7-11-18)22(2)20-14-15-21(20)24(22,23)19-12-8-5-9-13-19/h1,4-13,20-21H,14-17H2,2H3/t20-,21+,22+,23+,24-/m1/s1. The van der Waals surface area contributed by atoms with Crippen molar-refractivity contribution in [2.45, 2.75) is 38.0 Å². The molecule has 0 spiro atoms. The van der Waals surface area contributed by atoms with Crippen LogP contribution in [0.15, 0.2) is 60.7 Å². The van der Waals surface area contributed by atoms with Gasteiger partial charge in [0.1, 0.15) is 0 Å². The molecule has 0 N–H and O–H groups in total. The van der Waals surface area contributed by atoms with Crippen molar-refractivity contribution in [2.75, 3.05) is 0 Å². The zero-order valence-electron chi connectivity index (χ0n) is 14.3. The third-order valence-electron chi connectivity index (χ3n) is 8.06. The van der Waals surface area contributed by atoms with Crippen molar-refractivity contribution in [3.8, 4) is 12.3 Å². The normalized spacial score (nSPS) is 41.2. The molecule has 0 saturated heterocycles. The molecule has 24 heavy (non-hydrogen) atoms. The number of hydrogen-bond acceptors (Lipinski definition) is 0. The minimum atomic E-state index is 0.239. The van der Waals surface area contributed by atoms with Gasteiger partial charge >= 0.3 is 0 Å². The summed E-state index contributed by atoms with van der Waals surface area (Å²) in [5.74, 6) is 4.81. The molecule has 0 heterocycles. The molecule has 5 rings (SSSR count). The smallest absolute Gasteiger partial charge is 0.0160 e. The number of terminal acetylenes is 1. The molecule has 3 fully saturated rings. The van der Waals surface area contributed by atoms with Gasteiger partial charge in [0.15, 0.2) is 0 Å². The quantitative estimate of drug-likeness (QED) is 0.678. The molecule has 0 nitrogen and oxygen atoms in total. The van der Waals surface area contributed by atoms with E-state index in [1.165, 1.54) is 18.4 Å². The molecule has 0 aliphatic heterocycles. The lowest BCUT2D eigenvalue weighted by Gasteiger charge is -2.58. The lowest BCUT2D eigenvalue weighted by atomic mass is 9.46. The van der Waals surface area contributed by atoms with E-state index < -0.39 is 0 Å². The fourth-order valence-electron chi connectivity index (χ4n) is 7.25. The first kappa shape index (κ1) is 14.4. The monoisotopic (exact) mass is 312 g/mol. The summed E-state index contributed by atoms with van der Waals surface area (Å²) in [6.07, 6.45) is 10.7. The molecule has 0 unspecified atom stereocenters. The van der Waals surface area contributed by atoms with Crippen LogP contribution in [0.3, 0.4) is 0 Å². The van der Waals surface area contributed by atoms with E-state index in [0.717, 1.165) is 24.7 Å². The van der Waals surface area contributed by atoms with E-state index in [1.54, 1.807) is 5.56 Å². The Hall–Kier alpha value is -2.00. The van der Waals surface area contributed by atoms with Crippen molar-refractivity contribution < 1.29 is 0 Å². The average molecular weight is 312 g/mol. The Morgan fingerprint density at radius 2 is 1.58 bits per heavy atom. The average Bonchev–Trinajstić information content (AvgIpc) is 2.97. The minimum absolute atomic E-state index is 0.239. The third-order valence-corrected chi connectivity index (χ3v) is 8.06. The predicted octanol–water partition coefficient (Wildman–Crippen LogP) is 5.24. The molecule has 2 aromatic carbocycles. The van der Waals surface area contributed by atoms with E-state index in [4.69, 9.17) is 6.42 Å². The summed E-state index contributed by atoms with van der Waals surface area (Å²) in [6.45, 7) is 2.54. The Kier molecular flexibility index (Phi) is 2.72. The van der Waals surface area contributed by atoms with Crippen molar-refractivity contribution in [3.63, 3.8) is 0 Å². The van der Waals surface area contributed by atoms with Crippen molar-refractivity contribution in [2.24, 2.45) is 22.7 Å². The van der Waals surface area contributed by atoms with E-state index in [0.29, 0.717) is 10.8 Å². The fraction of sp³-hybridized carbons (Fsp3) is 0.417. The van der Waals surface area contributed by atoms with Crippen LogP contribution in [0.2, 0.25) is 0 Å². The van der Waals surface area contributed by atoms with E-state index in [2.05, 4.69) is 73.5 Å². The van der Waals surface area contributed by atoms with Crippen LogP contribution >= 0.6 is 0 Å². The van der Waals surface area contributed by atoms with E-state index in [1.807, 2.05) is 0 Å². The summed E-state index contributed by atoms with van der Waals surface area (Å²) in [5, 5.41) is 0. The summed E-state index contributed by atoms with van der Waals surface area (Å²) in [6, 6.07) is 22.3. The number of hydrogen-bond donors (Lipinski definition) is 0. The molecular weight excluding hydrogens is 288 g/mol. The van der Waals surface area contributed by atoms with Gasteiger partial charge in [-0.25, -0.2) is 0 Å². The number of fused-ring (bicyclic) bond motifs is 4. The van der Waals surface area contributed by atoms with Gasteiger partial charge in [0, 0.05) is 17.3 Å². The van der Waals surface area contributed by atoms with Crippen LogP contribution in [0.25, 0.3) is 0 Å². The lowest BCUT2D eigenvalue weighted by molar-refractivity contribution is -0.0483. The molecular formula is C24H24. The Balaban J connectivity index is 1.66. The summed E-state index contributed by atoms with van der Waals surface area (Å²) in [7, 11) is 0. The molecule has 120 valence electrons. The largest absolute Gasteiger partial charge is 0.120 e. The zero-order chi connectivity index (χ0) is 16.4. The summed E-state index contributed by atoms with van der Waals surface area (Å²) in [4.78, 5) is 0. The minimum Gasteiger partial charge on any atom is -0.120 e. The van der Waals surface area contributed by atoms with E-state index in [-0.39, 0.29) is 5.41 Å². The van der Waals surface area contributed by atoms with Gasteiger partial charge in [-0.3, -0.25) is 0 Å². The zero-order valence-corrected chi connectivity index (χ0v) is 14.3. The topological polar surface area (TPSA) is 0 Å². The van der Waals surface area contributed by atoms with Gasteiger partial charge in [0.05, 0.1) is 0 Å².